The van der Waals surface area contributed by atoms with E-state index in [-0.39, 0.29) is 22.9 Å². The Morgan fingerprint density at radius 1 is 0.719 bits per heavy atom. The number of nitrogens with two attached hydrogens (primary N) is 2. The number of fused-ring (bicyclic) bond motifs is 1. The minimum Gasteiger partial charge on any atom is -0.341 e. The van der Waals surface area contributed by atoms with Gasteiger partial charge in [-0.2, -0.15) is 0 Å². The molecule has 0 spiro atoms. The molecule has 0 aliphatic heterocycles. The molecule has 0 aliphatic rings. The first kappa shape index (κ1) is 22.2. The summed E-state index contributed by atoms with van der Waals surface area (Å²) in [5, 5.41) is 0. The van der Waals surface area contributed by atoms with Crippen LogP contribution in [0, 0.1) is 10.8 Å². The molecule has 2 aromatic heterocycles. The van der Waals surface area contributed by atoms with Crippen molar-refractivity contribution in [3.05, 3.63) is 60.3 Å². The Morgan fingerprint density at radius 2 is 1.28 bits per heavy atom. The summed E-state index contributed by atoms with van der Waals surface area (Å²) in [5.41, 5.74) is 18.9. The van der Waals surface area contributed by atoms with E-state index in [1.807, 2.05) is 12.3 Å². The number of rotatable bonds is 4. The lowest BCUT2D eigenvalue weighted by molar-refractivity contribution is 0.317. The Morgan fingerprint density at radius 3 is 1.91 bits per heavy atom. The fourth-order valence-electron chi connectivity index (χ4n) is 3.66. The quantitative estimate of drug-likeness (QED) is 0.332. The number of nitrogens with one attached hydrogen (secondary N) is 2. The second-order valence-corrected chi connectivity index (χ2v) is 10.8. The van der Waals surface area contributed by atoms with Gasteiger partial charge in [0.15, 0.2) is 0 Å². The van der Waals surface area contributed by atoms with E-state index in [1.54, 1.807) is 0 Å². The van der Waals surface area contributed by atoms with Crippen LogP contribution in [0.3, 0.4) is 0 Å². The van der Waals surface area contributed by atoms with Gasteiger partial charge in [-0.25, -0.2) is 9.97 Å². The molecule has 6 heteroatoms. The average molecular weight is 431 g/mol. The van der Waals surface area contributed by atoms with Gasteiger partial charge in [-0.1, -0.05) is 71.9 Å². The molecule has 2 aromatic carbocycles. The van der Waals surface area contributed by atoms with E-state index in [0.717, 1.165) is 45.1 Å². The van der Waals surface area contributed by atoms with Gasteiger partial charge in [-0.3, -0.25) is 0 Å². The van der Waals surface area contributed by atoms with Gasteiger partial charge in [-0.15, -0.1) is 0 Å². The van der Waals surface area contributed by atoms with E-state index >= 15 is 0 Å². The molecular weight excluding hydrogens is 396 g/mol. The van der Waals surface area contributed by atoms with Gasteiger partial charge in [0.2, 0.25) is 0 Å². The maximum Gasteiger partial charge on any atom is 0.124 e. The predicted molar refractivity (Wildman–Crippen MR) is 132 cm³/mol. The van der Waals surface area contributed by atoms with Crippen molar-refractivity contribution in [2.75, 3.05) is 0 Å². The van der Waals surface area contributed by atoms with Gasteiger partial charge < -0.3 is 21.4 Å². The lowest BCUT2D eigenvalue weighted by atomic mass is 9.87. The number of hydrogen-bond acceptors (Lipinski definition) is 4. The molecular formula is C26H34N6. The van der Waals surface area contributed by atoms with Crippen molar-refractivity contribution in [3.8, 4) is 22.4 Å². The van der Waals surface area contributed by atoms with Crippen LogP contribution in [0.2, 0.25) is 0 Å². The van der Waals surface area contributed by atoms with Crippen LogP contribution >= 0.6 is 0 Å². The topological polar surface area (TPSA) is 109 Å². The molecule has 0 saturated carbocycles. The highest BCUT2D eigenvalue weighted by Gasteiger charge is 2.26. The third-order valence-electron chi connectivity index (χ3n) is 6.08. The molecule has 168 valence electrons. The summed E-state index contributed by atoms with van der Waals surface area (Å²) in [6, 6.07) is 14.4. The van der Waals surface area contributed by atoms with Crippen molar-refractivity contribution in [2.45, 2.75) is 53.6 Å². The summed E-state index contributed by atoms with van der Waals surface area (Å²) < 4.78 is 0. The summed E-state index contributed by atoms with van der Waals surface area (Å²) in [5.74, 6) is 1.63. The molecule has 0 radical (unpaired) electrons. The third kappa shape index (κ3) is 4.33. The maximum atomic E-state index is 6.39. The smallest absolute Gasteiger partial charge is 0.124 e. The first-order chi connectivity index (χ1) is 14.9. The molecule has 2 heterocycles. The molecule has 6 N–H and O–H groups in total. The monoisotopic (exact) mass is 430 g/mol. The van der Waals surface area contributed by atoms with E-state index in [0.29, 0.717) is 0 Å². The van der Waals surface area contributed by atoms with Crippen LogP contribution in [0.15, 0.2) is 48.7 Å². The summed E-state index contributed by atoms with van der Waals surface area (Å²) in [6.07, 6.45) is 1.85. The Hall–Kier alpha value is -2.96. The highest BCUT2D eigenvalue weighted by atomic mass is 15.0. The molecule has 0 amide bonds. The molecule has 4 rings (SSSR count). The van der Waals surface area contributed by atoms with Crippen molar-refractivity contribution in [2.24, 2.45) is 22.3 Å². The number of aromatic nitrogens is 4. The van der Waals surface area contributed by atoms with Crippen molar-refractivity contribution in [1.29, 1.82) is 0 Å². The normalized spacial score (nSPS) is 14.6. The van der Waals surface area contributed by atoms with Crippen LogP contribution in [0.5, 0.6) is 0 Å². The number of nitrogens with zero attached hydrogens (tertiary/aromatic N) is 2. The summed E-state index contributed by atoms with van der Waals surface area (Å²) >= 11 is 0. The molecule has 2 atom stereocenters. The fourth-order valence-corrected chi connectivity index (χ4v) is 3.66. The van der Waals surface area contributed by atoms with Gasteiger partial charge in [0.25, 0.3) is 0 Å². The summed E-state index contributed by atoms with van der Waals surface area (Å²) in [6.45, 7) is 12.7. The van der Waals surface area contributed by atoms with Crippen LogP contribution in [-0.2, 0) is 0 Å². The Kier molecular flexibility index (Phi) is 5.47. The number of benzene rings is 2. The Bertz CT molecular complexity index is 1220. The van der Waals surface area contributed by atoms with E-state index in [2.05, 4.69) is 92.9 Å². The van der Waals surface area contributed by atoms with Crippen molar-refractivity contribution >= 4 is 11.0 Å². The van der Waals surface area contributed by atoms with Gasteiger partial charge in [-0.05, 0) is 39.7 Å². The zero-order valence-electron chi connectivity index (χ0n) is 19.8. The molecule has 1 unspecified atom stereocenters. The second-order valence-electron chi connectivity index (χ2n) is 10.8. The standard InChI is InChI=1S/C26H34N6/c1-25(2,3)21(27)23-29-14-20(32-23)16-9-7-15(8-10-16)17-11-12-18-19(13-17)31-24(30-18)22(28)26(4,5)6/h7-14,21-22H,27-28H2,1-6H3,(H,29,32)(H,30,31)/t21-,22?/m1/s1. The van der Waals surface area contributed by atoms with Gasteiger partial charge >= 0.3 is 0 Å². The Labute approximate surface area is 189 Å². The average Bonchev–Trinajstić information content (AvgIpc) is 3.38. The van der Waals surface area contributed by atoms with E-state index in [1.165, 1.54) is 0 Å². The van der Waals surface area contributed by atoms with Crippen LogP contribution in [-0.4, -0.2) is 19.9 Å². The molecule has 6 nitrogen and oxygen atoms in total. The highest BCUT2D eigenvalue weighted by molar-refractivity contribution is 5.82. The molecule has 32 heavy (non-hydrogen) atoms. The lowest BCUT2D eigenvalue weighted by Gasteiger charge is -2.25. The Balaban J connectivity index is 1.58. The molecule has 0 fully saturated rings. The number of imidazole rings is 2. The lowest BCUT2D eigenvalue weighted by Crippen LogP contribution is -2.27. The van der Waals surface area contributed by atoms with Crippen LogP contribution in [0.4, 0.5) is 0 Å². The highest BCUT2D eigenvalue weighted by Crippen LogP contribution is 2.32. The SMILES string of the molecule is CC(C)(C)C(N)c1nc2ccc(-c3ccc(-c4cnc([C@@H](N)C(C)(C)C)[nH]4)cc3)cc2[nH]1. The van der Waals surface area contributed by atoms with E-state index < -0.39 is 0 Å². The predicted octanol–water partition coefficient (Wildman–Crippen LogP) is 5.71. The van der Waals surface area contributed by atoms with Crippen molar-refractivity contribution in [3.63, 3.8) is 0 Å². The number of hydrogen-bond donors (Lipinski definition) is 4. The molecule has 0 saturated heterocycles. The van der Waals surface area contributed by atoms with Gasteiger partial charge in [0, 0.05) is 0 Å². The first-order valence-electron chi connectivity index (χ1n) is 11.1. The molecule has 4 aromatic rings. The number of aromatic amines is 2. The van der Waals surface area contributed by atoms with Crippen molar-refractivity contribution in [1.82, 2.24) is 19.9 Å². The van der Waals surface area contributed by atoms with E-state index in [4.69, 9.17) is 16.5 Å². The third-order valence-corrected chi connectivity index (χ3v) is 6.08. The first-order valence-corrected chi connectivity index (χ1v) is 11.1. The van der Waals surface area contributed by atoms with Crippen LogP contribution in [0.1, 0.15) is 65.3 Å². The zero-order chi connectivity index (χ0) is 23.3. The van der Waals surface area contributed by atoms with Crippen LogP contribution < -0.4 is 11.5 Å². The van der Waals surface area contributed by atoms with Gasteiger partial charge in [0.05, 0.1) is 35.0 Å². The summed E-state index contributed by atoms with van der Waals surface area (Å²) in [4.78, 5) is 16.0. The number of H-pyrrole nitrogens is 2. The van der Waals surface area contributed by atoms with Crippen molar-refractivity contribution < 1.29 is 0 Å². The second kappa shape index (κ2) is 7.87. The van der Waals surface area contributed by atoms with E-state index in [9.17, 15) is 0 Å². The minimum atomic E-state index is -0.150. The fraction of sp³-hybridized carbons (Fsp3) is 0.385. The van der Waals surface area contributed by atoms with Crippen LogP contribution in [0.25, 0.3) is 33.4 Å². The molecule has 0 bridgehead atoms. The minimum absolute atomic E-state index is 0.0546. The largest absolute Gasteiger partial charge is 0.341 e. The zero-order valence-corrected chi connectivity index (χ0v) is 19.8. The summed E-state index contributed by atoms with van der Waals surface area (Å²) in [7, 11) is 0. The molecule has 0 aliphatic carbocycles. The maximum absolute atomic E-state index is 6.39. The van der Waals surface area contributed by atoms with Gasteiger partial charge in [0.1, 0.15) is 11.6 Å².